The van der Waals surface area contributed by atoms with Crippen LogP contribution in [0.4, 0.5) is 0 Å². The van der Waals surface area contributed by atoms with Gasteiger partial charge in [-0.15, -0.1) is 0 Å². The van der Waals surface area contributed by atoms with Crippen molar-refractivity contribution in [1.82, 2.24) is 0 Å². The van der Waals surface area contributed by atoms with E-state index in [9.17, 15) is 4.79 Å². The summed E-state index contributed by atoms with van der Waals surface area (Å²) in [5.74, 6) is 0.342. The van der Waals surface area contributed by atoms with E-state index in [1.165, 1.54) is 0 Å². The smallest absolute Gasteiger partial charge is 0.339 e. The van der Waals surface area contributed by atoms with Gasteiger partial charge in [0.15, 0.2) is 0 Å². The first kappa shape index (κ1) is 24.3. The maximum atomic E-state index is 13.0. The number of carbonyl (C=O) groups excluding carboxylic acids is 1. The van der Waals surface area contributed by atoms with Crippen LogP contribution in [-0.2, 0) is 4.74 Å². The fourth-order valence-electron chi connectivity index (χ4n) is 3.52. The van der Waals surface area contributed by atoms with Gasteiger partial charge in [0.05, 0.1) is 17.7 Å². The summed E-state index contributed by atoms with van der Waals surface area (Å²) in [6.45, 7) is 11.9. The normalized spacial score (nSPS) is 16.1. The minimum absolute atomic E-state index is 0.311. The highest BCUT2D eigenvalue weighted by molar-refractivity contribution is 6.19. The van der Waals surface area contributed by atoms with Gasteiger partial charge in [0.1, 0.15) is 13.6 Å². The first-order valence-electron chi connectivity index (χ1n) is 11.0. The number of ether oxygens (including phenoxy) is 2. The van der Waals surface area contributed by atoms with E-state index < -0.39 is 5.50 Å². The molecule has 2 radical (unpaired) electrons. The number of esters is 1. The Bertz CT molecular complexity index is 1050. The molecule has 3 aromatic rings. The van der Waals surface area contributed by atoms with Gasteiger partial charge >= 0.3 is 5.97 Å². The summed E-state index contributed by atoms with van der Waals surface area (Å²) in [7, 11) is 6.22. The molecule has 1 aliphatic heterocycles. The second-order valence-electron chi connectivity index (χ2n) is 6.74. The van der Waals surface area contributed by atoms with Crippen molar-refractivity contribution in [3.63, 3.8) is 0 Å². The summed E-state index contributed by atoms with van der Waals surface area (Å²) < 4.78 is 11.5. The molecule has 4 heteroatoms. The summed E-state index contributed by atoms with van der Waals surface area (Å²) in [5.41, 5.74) is 2.21. The lowest BCUT2D eigenvalue weighted by Crippen LogP contribution is -2.32. The maximum absolute atomic E-state index is 13.0. The van der Waals surface area contributed by atoms with Crippen molar-refractivity contribution in [2.75, 3.05) is 6.61 Å². The third-order valence-electron chi connectivity index (χ3n) is 4.65. The van der Waals surface area contributed by atoms with Crippen molar-refractivity contribution in [1.29, 1.82) is 0 Å². The van der Waals surface area contributed by atoms with Crippen molar-refractivity contribution in [3.8, 4) is 16.9 Å². The zero-order valence-electron chi connectivity index (χ0n) is 19.4. The quantitative estimate of drug-likeness (QED) is 0.341. The van der Waals surface area contributed by atoms with Crippen LogP contribution >= 0.6 is 0 Å². The Morgan fingerprint density at radius 3 is 2.16 bits per heavy atom. The molecule has 0 amide bonds. The molecular formula is C27H31BO3. The maximum Gasteiger partial charge on any atom is 0.339 e. The molecule has 0 bridgehead atoms. The van der Waals surface area contributed by atoms with Gasteiger partial charge in [0.25, 0.3) is 0 Å². The first-order chi connectivity index (χ1) is 15.0. The van der Waals surface area contributed by atoms with Crippen LogP contribution in [0.2, 0.25) is 0 Å². The van der Waals surface area contributed by atoms with Gasteiger partial charge < -0.3 is 9.47 Å². The van der Waals surface area contributed by atoms with Crippen molar-refractivity contribution < 1.29 is 14.3 Å². The lowest BCUT2D eigenvalue weighted by molar-refractivity contribution is 0.0529. The Balaban J connectivity index is 0.000000807. The Morgan fingerprint density at radius 2 is 1.55 bits per heavy atom. The molecule has 31 heavy (non-hydrogen) atoms. The van der Waals surface area contributed by atoms with Crippen molar-refractivity contribution in [3.05, 3.63) is 71.8 Å². The van der Waals surface area contributed by atoms with Crippen molar-refractivity contribution in [2.45, 2.75) is 47.0 Å². The minimum Gasteiger partial charge on any atom is -0.492 e. The molecule has 1 unspecified atom stereocenters. The lowest BCUT2D eigenvalue weighted by atomic mass is 9.79. The van der Waals surface area contributed by atoms with Gasteiger partial charge in [-0.1, -0.05) is 94.4 Å². The van der Waals surface area contributed by atoms with E-state index >= 15 is 0 Å². The molecule has 3 nitrogen and oxygen atoms in total. The number of carbonyl (C=O) groups is 1. The third-order valence-corrected chi connectivity index (χ3v) is 4.65. The summed E-state index contributed by atoms with van der Waals surface area (Å²) in [5, 5.41) is 1.64. The van der Waals surface area contributed by atoms with E-state index in [-0.39, 0.29) is 5.97 Å². The molecule has 0 aromatic heterocycles. The molecule has 1 atom stereocenters. The van der Waals surface area contributed by atoms with Crippen molar-refractivity contribution in [2.24, 2.45) is 0 Å². The summed E-state index contributed by atoms with van der Waals surface area (Å²) in [6, 6.07) is 17.5. The topological polar surface area (TPSA) is 35.5 Å². The van der Waals surface area contributed by atoms with E-state index in [1.54, 1.807) is 0 Å². The Hall–Kier alpha value is -3.01. The highest BCUT2D eigenvalue weighted by Crippen LogP contribution is 2.45. The molecule has 4 rings (SSSR count). The molecule has 3 aromatic carbocycles. The molecule has 1 heterocycles. The second kappa shape index (κ2) is 10.9. The minimum atomic E-state index is -0.908. The molecule has 0 saturated heterocycles. The molecule has 1 aliphatic rings. The number of fused-ring (bicyclic) bond motifs is 3. The second-order valence-corrected chi connectivity index (χ2v) is 6.74. The summed E-state index contributed by atoms with van der Waals surface area (Å²) >= 11 is 0. The number of hydrogen-bond donors (Lipinski definition) is 0. The lowest BCUT2D eigenvalue weighted by Gasteiger charge is -2.31. The Labute approximate surface area is 187 Å². The molecule has 0 saturated carbocycles. The van der Waals surface area contributed by atoms with E-state index in [4.69, 9.17) is 17.3 Å². The van der Waals surface area contributed by atoms with E-state index in [1.807, 2.05) is 108 Å². The van der Waals surface area contributed by atoms with Crippen LogP contribution < -0.4 is 4.74 Å². The summed E-state index contributed by atoms with van der Waals surface area (Å²) in [4.78, 5) is 13.0. The van der Waals surface area contributed by atoms with Gasteiger partial charge in [0, 0.05) is 21.9 Å². The number of rotatable bonds is 3. The van der Waals surface area contributed by atoms with Gasteiger partial charge in [-0.05, 0) is 19.4 Å². The number of benzene rings is 3. The van der Waals surface area contributed by atoms with E-state index in [2.05, 4.69) is 0 Å². The molecular weight excluding hydrogens is 383 g/mol. The predicted octanol–water partition coefficient (Wildman–Crippen LogP) is 7.03. The molecule has 160 valence electrons. The fraction of sp³-hybridized carbons (Fsp3) is 0.296. The van der Waals surface area contributed by atoms with Crippen LogP contribution in [0.5, 0.6) is 5.75 Å². The standard InChI is InChI=1S/C23H19BO3.2C2H6/c1-3-26-22(25)20-16-11-7-8-12-17(16)21-18(13-14-23(2,24)27-21)19(20)15-9-5-4-6-10-15;2*1-2/h4-14H,3H2,1-2H3;2*1-2H3. The fourth-order valence-corrected chi connectivity index (χ4v) is 3.52. The first-order valence-corrected chi connectivity index (χ1v) is 11.0. The zero-order valence-corrected chi connectivity index (χ0v) is 19.4. The van der Waals surface area contributed by atoms with Gasteiger partial charge in [-0.3, -0.25) is 0 Å². The average Bonchev–Trinajstić information content (AvgIpc) is 2.81. The molecule has 0 N–H and O–H groups in total. The van der Waals surface area contributed by atoms with Crippen LogP contribution in [0.1, 0.15) is 57.5 Å². The highest BCUT2D eigenvalue weighted by atomic mass is 16.5. The third kappa shape index (κ3) is 5.01. The molecule has 0 fully saturated rings. The SMILES string of the molecule is CC.CC.[B]C1(C)C=Cc2c(-c3ccccc3)c(C(=O)OCC)c3ccccc3c2O1. The molecule has 0 spiro atoms. The zero-order chi connectivity index (χ0) is 23.0. The van der Waals surface area contributed by atoms with Gasteiger partial charge in [0.2, 0.25) is 0 Å². The van der Waals surface area contributed by atoms with Crippen LogP contribution in [0.3, 0.4) is 0 Å². The van der Waals surface area contributed by atoms with E-state index in [0.717, 1.165) is 27.5 Å². The van der Waals surface area contributed by atoms with Gasteiger partial charge in [-0.25, -0.2) is 4.79 Å². The van der Waals surface area contributed by atoms with Gasteiger partial charge in [-0.2, -0.15) is 0 Å². The number of hydrogen-bond acceptors (Lipinski definition) is 3. The predicted molar refractivity (Wildman–Crippen MR) is 132 cm³/mol. The summed E-state index contributed by atoms with van der Waals surface area (Å²) in [6.07, 6.45) is 3.75. The highest BCUT2D eigenvalue weighted by Gasteiger charge is 2.30. The van der Waals surface area contributed by atoms with Crippen molar-refractivity contribution >= 4 is 30.7 Å². The monoisotopic (exact) mass is 414 g/mol. The van der Waals surface area contributed by atoms with Crippen LogP contribution in [0.15, 0.2) is 60.7 Å². The Kier molecular flexibility index (Phi) is 8.50. The van der Waals surface area contributed by atoms with Crippen LogP contribution in [0.25, 0.3) is 28.0 Å². The van der Waals surface area contributed by atoms with E-state index in [0.29, 0.717) is 17.9 Å². The molecule has 0 aliphatic carbocycles. The average molecular weight is 414 g/mol. The van der Waals surface area contributed by atoms with Crippen LogP contribution in [-0.4, -0.2) is 25.9 Å². The van der Waals surface area contributed by atoms with Crippen LogP contribution in [0, 0.1) is 0 Å². The largest absolute Gasteiger partial charge is 0.492 e. The Morgan fingerprint density at radius 1 is 0.968 bits per heavy atom.